The summed E-state index contributed by atoms with van der Waals surface area (Å²) in [6.07, 6.45) is 7.54. The van der Waals surface area contributed by atoms with Gasteiger partial charge in [0.05, 0.1) is 6.33 Å². The summed E-state index contributed by atoms with van der Waals surface area (Å²) in [7, 11) is 0. The zero-order valence-electron chi connectivity index (χ0n) is 11.1. The summed E-state index contributed by atoms with van der Waals surface area (Å²) < 4.78 is 2.12. The monoisotopic (exact) mass is 264 g/mol. The molecular weight excluding hydrogens is 244 g/mol. The average molecular weight is 264 g/mol. The number of rotatable bonds is 5. The van der Waals surface area contributed by atoms with Crippen LogP contribution in [0.25, 0.3) is 0 Å². The summed E-state index contributed by atoms with van der Waals surface area (Å²) in [4.78, 5) is 8.40. The second-order valence-corrected chi connectivity index (χ2v) is 6.46. The molecule has 0 radical (unpaired) electrons. The topological polar surface area (TPSA) is 42.7 Å². The van der Waals surface area contributed by atoms with Crippen molar-refractivity contribution in [2.45, 2.75) is 39.9 Å². The number of aromatic nitrogens is 3. The average Bonchev–Trinajstić information content (AvgIpc) is 2.95. The SMILES string of the molecule is CC(C)(C)C(Cn1ccnc1)NCc1nccs1. The van der Waals surface area contributed by atoms with Gasteiger partial charge < -0.3 is 9.88 Å². The van der Waals surface area contributed by atoms with Crippen LogP contribution in [-0.4, -0.2) is 20.6 Å². The Kier molecular flexibility index (Phi) is 4.14. The van der Waals surface area contributed by atoms with Crippen molar-refractivity contribution in [2.75, 3.05) is 0 Å². The predicted octanol–water partition coefficient (Wildman–Crippen LogP) is 2.54. The first-order valence-corrected chi connectivity index (χ1v) is 7.01. The van der Waals surface area contributed by atoms with E-state index < -0.39 is 0 Å². The molecule has 2 rings (SSSR count). The molecule has 98 valence electrons. The lowest BCUT2D eigenvalue weighted by Crippen LogP contribution is -2.42. The van der Waals surface area contributed by atoms with E-state index in [2.05, 4.69) is 40.6 Å². The van der Waals surface area contributed by atoms with Crippen LogP contribution in [0.1, 0.15) is 25.8 Å². The van der Waals surface area contributed by atoms with Gasteiger partial charge in [-0.2, -0.15) is 0 Å². The first-order valence-electron chi connectivity index (χ1n) is 6.13. The van der Waals surface area contributed by atoms with Crippen LogP contribution in [-0.2, 0) is 13.1 Å². The van der Waals surface area contributed by atoms with Crippen molar-refractivity contribution in [2.24, 2.45) is 5.41 Å². The number of nitrogens with zero attached hydrogens (tertiary/aromatic N) is 3. The minimum Gasteiger partial charge on any atom is -0.336 e. The molecule has 1 atom stereocenters. The van der Waals surface area contributed by atoms with Gasteiger partial charge in [-0.3, -0.25) is 0 Å². The Bertz CT molecular complexity index is 442. The van der Waals surface area contributed by atoms with Crippen LogP contribution in [0.4, 0.5) is 0 Å². The van der Waals surface area contributed by atoms with Crippen LogP contribution in [0.15, 0.2) is 30.3 Å². The molecule has 0 aromatic carbocycles. The third-order valence-electron chi connectivity index (χ3n) is 2.98. The van der Waals surface area contributed by atoms with E-state index in [1.807, 2.05) is 30.3 Å². The van der Waals surface area contributed by atoms with Crippen molar-refractivity contribution in [3.8, 4) is 0 Å². The maximum atomic E-state index is 4.30. The molecule has 0 aliphatic heterocycles. The minimum absolute atomic E-state index is 0.196. The Morgan fingerprint density at radius 1 is 1.39 bits per heavy atom. The molecular formula is C13H20N4S. The van der Waals surface area contributed by atoms with Gasteiger partial charge in [0, 0.05) is 43.1 Å². The van der Waals surface area contributed by atoms with Crippen LogP contribution in [0.2, 0.25) is 0 Å². The van der Waals surface area contributed by atoms with Gasteiger partial charge in [-0.25, -0.2) is 9.97 Å². The molecule has 2 aromatic heterocycles. The van der Waals surface area contributed by atoms with Crippen LogP contribution in [0.5, 0.6) is 0 Å². The fourth-order valence-electron chi connectivity index (χ4n) is 1.80. The molecule has 2 heterocycles. The van der Waals surface area contributed by atoms with Crippen LogP contribution in [0.3, 0.4) is 0 Å². The van der Waals surface area contributed by atoms with Gasteiger partial charge in [-0.05, 0) is 5.41 Å². The lowest BCUT2D eigenvalue weighted by atomic mass is 9.86. The lowest BCUT2D eigenvalue weighted by Gasteiger charge is -2.31. The van der Waals surface area contributed by atoms with Gasteiger partial charge in [-0.15, -0.1) is 11.3 Å². The molecule has 0 saturated heterocycles. The molecule has 0 aliphatic carbocycles. The van der Waals surface area contributed by atoms with Gasteiger partial charge in [0.15, 0.2) is 0 Å². The van der Waals surface area contributed by atoms with E-state index in [-0.39, 0.29) is 5.41 Å². The number of nitrogens with one attached hydrogen (secondary N) is 1. The first kappa shape index (κ1) is 13.2. The molecule has 0 saturated carbocycles. The third kappa shape index (κ3) is 3.65. The molecule has 0 aliphatic rings. The number of imidazole rings is 1. The summed E-state index contributed by atoms with van der Waals surface area (Å²) in [6.45, 7) is 8.51. The van der Waals surface area contributed by atoms with Crippen LogP contribution < -0.4 is 5.32 Å². The number of hydrogen-bond acceptors (Lipinski definition) is 4. The second-order valence-electron chi connectivity index (χ2n) is 5.48. The highest BCUT2D eigenvalue weighted by molar-refractivity contribution is 7.09. The van der Waals surface area contributed by atoms with Gasteiger partial charge >= 0.3 is 0 Å². The van der Waals surface area contributed by atoms with Crippen LogP contribution in [0, 0.1) is 5.41 Å². The Labute approximate surface area is 112 Å². The minimum atomic E-state index is 0.196. The normalized spacial score (nSPS) is 13.7. The zero-order valence-corrected chi connectivity index (χ0v) is 11.9. The fraction of sp³-hybridized carbons (Fsp3) is 0.538. The molecule has 4 nitrogen and oxygen atoms in total. The van der Waals surface area contributed by atoms with E-state index in [4.69, 9.17) is 0 Å². The summed E-state index contributed by atoms with van der Waals surface area (Å²) in [6, 6.07) is 0.385. The summed E-state index contributed by atoms with van der Waals surface area (Å²) in [5.74, 6) is 0. The van der Waals surface area contributed by atoms with Crippen LogP contribution >= 0.6 is 11.3 Å². The Balaban J connectivity index is 1.97. The van der Waals surface area contributed by atoms with E-state index in [9.17, 15) is 0 Å². The van der Waals surface area contributed by atoms with E-state index in [0.717, 1.165) is 18.1 Å². The van der Waals surface area contributed by atoms with Crippen molar-refractivity contribution in [3.05, 3.63) is 35.3 Å². The molecule has 18 heavy (non-hydrogen) atoms. The fourth-order valence-corrected chi connectivity index (χ4v) is 2.37. The first-order chi connectivity index (χ1) is 8.55. The molecule has 1 unspecified atom stereocenters. The third-order valence-corrected chi connectivity index (χ3v) is 3.76. The Morgan fingerprint density at radius 2 is 2.22 bits per heavy atom. The maximum absolute atomic E-state index is 4.30. The summed E-state index contributed by atoms with van der Waals surface area (Å²) in [5, 5.41) is 6.75. The van der Waals surface area contributed by atoms with Gasteiger partial charge in [0.2, 0.25) is 0 Å². The lowest BCUT2D eigenvalue weighted by molar-refractivity contribution is 0.240. The molecule has 2 aromatic rings. The molecule has 0 bridgehead atoms. The smallest absolute Gasteiger partial charge is 0.106 e. The molecule has 5 heteroatoms. The van der Waals surface area contributed by atoms with E-state index >= 15 is 0 Å². The highest BCUT2D eigenvalue weighted by Gasteiger charge is 2.24. The van der Waals surface area contributed by atoms with Crippen molar-refractivity contribution in [1.29, 1.82) is 0 Å². The van der Waals surface area contributed by atoms with Gasteiger partial charge in [0.25, 0.3) is 0 Å². The predicted molar refractivity (Wildman–Crippen MR) is 74.4 cm³/mol. The molecule has 0 spiro atoms. The quantitative estimate of drug-likeness (QED) is 0.902. The van der Waals surface area contributed by atoms with E-state index in [1.165, 1.54) is 0 Å². The summed E-state index contributed by atoms with van der Waals surface area (Å²) >= 11 is 1.69. The van der Waals surface area contributed by atoms with Gasteiger partial charge in [0.1, 0.15) is 5.01 Å². The highest BCUT2D eigenvalue weighted by atomic mass is 32.1. The van der Waals surface area contributed by atoms with Gasteiger partial charge in [-0.1, -0.05) is 20.8 Å². The van der Waals surface area contributed by atoms with Crippen molar-refractivity contribution in [3.63, 3.8) is 0 Å². The van der Waals surface area contributed by atoms with Crippen molar-refractivity contribution >= 4 is 11.3 Å². The second kappa shape index (κ2) is 5.63. The van der Waals surface area contributed by atoms with E-state index in [1.54, 1.807) is 11.3 Å². The van der Waals surface area contributed by atoms with Crippen molar-refractivity contribution < 1.29 is 0 Å². The largest absolute Gasteiger partial charge is 0.336 e. The summed E-state index contributed by atoms with van der Waals surface area (Å²) in [5.41, 5.74) is 0.196. The maximum Gasteiger partial charge on any atom is 0.106 e. The number of thiazole rings is 1. The standard InChI is InChI=1S/C13H20N4S/c1-13(2,3)11(9-17-6-4-14-10-17)16-8-12-15-5-7-18-12/h4-7,10-11,16H,8-9H2,1-3H3. The number of hydrogen-bond donors (Lipinski definition) is 1. The van der Waals surface area contributed by atoms with E-state index in [0.29, 0.717) is 6.04 Å². The molecule has 1 N–H and O–H groups in total. The molecule has 0 amide bonds. The highest BCUT2D eigenvalue weighted by Crippen LogP contribution is 2.21. The van der Waals surface area contributed by atoms with Crippen molar-refractivity contribution in [1.82, 2.24) is 19.9 Å². The Morgan fingerprint density at radius 3 is 2.78 bits per heavy atom. The molecule has 0 fully saturated rings. The Hall–Kier alpha value is -1.20. The zero-order chi connectivity index (χ0) is 13.0.